The van der Waals surface area contributed by atoms with Crippen molar-refractivity contribution in [1.82, 2.24) is 4.90 Å². The molecule has 1 aliphatic heterocycles. The predicted octanol–water partition coefficient (Wildman–Crippen LogP) is 3.30. The molecule has 82 valence electrons. The van der Waals surface area contributed by atoms with E-state index in [1.165, 1.54) is 51.6 Å². The number of hydrogen-bond acceptors (Lipinski definition) is 1. The summed E-state index contributed by atoms with van der Waals surface area (Å²) >= 11 is 0. The van der Waals surface area contributed by atoms with Crippen molar-refractivity contribution in [3.63, 3.8) is 0 Å². The summed E-state index contributed by atoms with van der Waals surface area (Å²) in [6.07, 6.45) is 8.73. The summed E-state index contributed by atoms with van der Waals surface area (Å²) in [5.74, 6) is 2.00. The molecule has 2 aliphatic rings. The Balaban J connectivity index is 1.79. The van der Waals surface area contributed by atoms with E-state index in [9.17, 15) is 0 Å². The normalized spacial score (nSPS) is 40.3. The summed E-state index contributed by atoms with van der Waals surface area (Å²) < 4.78 is 0. The zero-order valence-corrected chi connectivity index (χ0v) is 9.84. The predicted molar refractivity (Wildman–Crippen MR) is 61.4 cm³/mol. The van der Waals surface area contributed by atoms with Crippen LogP contribution in [-0.2, 0) is 0 Å². The largest absolute Gasteiger partial charge is 0.300 e. The van der Waals surface area contributed by atoms with Crippen LogP contribution in [0.15, 0.2) is 0 Å². The van der Waals surface area contributed by atoms with Gasteiger partial charge in [-0.1, -0.05) is 20.3 Å². The van der Waals surface area contributed by atoms with Gasteiger partial charge in [0.15, 0.2) is 0 Å². The first kappa shape index (κ1) is 10.5. The van der Waals surface area contributed by atoms with Gasteiger partial charge in [-0.2, -0.15) is 0 Å². The second kappa shape index (κ2) is 4.65. The van der Waals surface area contributed by atoms with Crippen molar-refractivity contribution in [2.75, 3.05) is 13.1 Å². The van der Waals surface area contributed by atoms with E-state index in [4.69, 9.17) is 0 Å². The lowest BCUT2D eigenvalue weighted by Crippen LogP contribution is -2.36. The Morgan fingerprint density at radius 2 is 1.79 bits per heavy atom. The van der Waals surface area contributed by atoms with Gasteiger partial charge < -0.3 is 4.90 Å². The number of rotatable bonds is 2. The molecule has 2 rings (SSSR count). The second-order valence-corrected chi connectivity index (χ2v) is 5.47. The van der Waals surface area contributed by atoms with Crippen LogP contribution in [0.3, 0.4) is 0 Å². The van der Waals surface area contributed by atoms with Gasteiger partial charge in [0.2, 0.25) is 0 Å². The highest BCUT2D eigenvalue weighted by molar-refractivity contribution is 4.83. The van der Waals surface area contributed by atoms with Gasteiger partial charge in [0.05, 0.1) is 0 Å². The van der Waals surface area contributed by atoms with Crippen LogP contribution < -0.4 is 0 Å². The summed E-state index contributed by atoms with van der Waals surface area (Å²) in [5, 5.41) is 0. The SMILES string of the molecule is CCC1CCN(C2CCC(C)CC2)C1. The van der Waals surface area contributed by atoms with Crippen molar-refractivity contribution in [1.29, 1.82) is 0 Å². The lowest BCUT2D eigenvalue weighted by Gasteiger charge is -2.33. The molecule has 0 aromatic rings. The maximum atomic E-state index is 2.78. The first-order valence-corrected chi connectivity index (χ1v) is 6.53. The van der Waals surface area contributed by atoms with Crippen LogP contribution in [-0.4, -0.2) is 24.0 Å². The van der Waals surface area contributed by atoms with E-state index in [-0.39, 0.29) is 0 Å². The average Bonchev–Trinajstić information content (AvgIpc) is 2.67. The van der Waals surface area contributed by atoms with Crippen LogP contribution in [0.5, 0.6) is 0 Å². The summed E-state index contributed by atoms with van der Waals surface area (Å²) in [5.41, 5.74) is 0. The molecule has 14 heavy (non-hydrogen) atoms. The molecule has 0 bridgehead atoms. The topological polar surface area (TPSA) is 3.24 Å². The van der Waals surface area contributed by atoms with Gasteiger partial charge in [-0.05, 0) is 50.5 Å². The van der Waals surface area contributed by atoms with Crippen LogP contribution in [0.1, 0.15) is 52.4 Å². The monoisotopic (exact) mass is 195 g/mol. The lowest BCUT2D eigenvalue weighted by atomic mass is 9.87. The highest BCUT2D eigenvalue weighted by Gasteiger charge is 2.29. The molecule has 0 spiro atoms. The molecule has 1 heteroatoms. The molecule has 0 radical (unpaired) electrons. The Morgan fingerprint density at radius 3 is 2.36 bits per heavy atom. The van der Waals surface area contributed by atoms with Gasteiger partial charge in [-0.15, -0.1) is 0 Å². The quantitative estimate of drug-likeness (QED) is 0.653. The molecule has 0 N–H and O–H groups in total. The number of hydrogen-bond donors (Lipinski definition) is 0. The van der Waals surface area contributed by atoms with Crippen LogP contribution in [0.4, 0.5) is 0 Å². The van der Waals surface area contributed by atoms with E-state index in [1.807, 2.05) is 0 Å². The van der Waals surface area contributed by atoms with Gasteiger partial charge in [-0.25, -0.2) is 0 Å². The van der Waals surface area contributed by atoms with E-state index in [1.54, 1.807) is 0 Å². The minimum absolute atomic E-state index is 0.947. The highest BCUT2D eigenvalue weighted by atomic mass is 15.2. The minimum Gasteiger partial charge on any atom is -0.300 e. The average molecular weight is 195 g/mol. The van der Waals surface area contributed by atoms with Crippen LogP contribution in [0.25, 0.3) is 0 Å². The van der Waals surface area contributed by atoms with E-state index in [0.717, 1.165) is 17.9 Å². The Hall–Kier alpha value is -0.0400. The van der Waals surface area contributed by atoms with E-state index >= 15 is 0 Å². The molecule has 0 aromatic heterocycles. The van der Waals surface area contributed by atoms with E-state index < -0.39 is 0 Å². The molecule has 0 aromatic carbocycles. The van der Waals surface area contributed by atoms with Crippen LogP contribution in [0, 0.1) is 11.8 Å². The van der Waals surface area contributed by atoms with Crippen molar-refractivity contribution in [2.24, 2.45) is 11.8 Å². The zero-order chi connectivity index (χ0) is 9.97. The second-order valence-electron chi connectivity index (χ2n) is 5.47. The Bertz CT molecular complexity index is 170. The van der Waals surface area contributed by atoms with E-state index in [2.05, 4.69) is 18.7 Å². The van der Waals surface area contributed by atoms with E-state index in [0.29, 0.717) is 0 Å². The van der Waals surface area contributed by atoms with Crippen molar-refractivity contribution >= 4 is 0 Å². The first-order chi connectivity index (χ1) is 6.79. The van der Waals surface area contributed by atoms with Crippen molar-refractivity contribution in [2.45, 2.75) is 58.4 Å². The summed E-state index contributed by atoms with van der Waals surface area (Å²) in [6, 6.07) is 0.947. The van der Waals surface area contributed by atoms with Crippen LogP contribution >= 0.6 is 0 Å². The molecule has 1 saturated carbocycles. The molecule has 1 unspecified atom stereocenters. The molecule has 1 atom stereocenters. The number of nitrogens with zero attached hydrogens (tertiary/aromatic N) is 1. The lowest BCUT2D eigenvalue weighted by molar-refractivity contribution is 0.164. The zero-order valence-electron chi connectivity index (χ0n) is 9.84. The fourth-order valence-electron chi connectivity index (χ4n) is 3.14. The molecule has 1 aliphatic carbocycles. The Labute approximate surface area is 88.9 Å². The molecule has 0 amide bonds. The van der Waals surface area contributed by atoms with Gasteiger partial charge >= 0.3 is 0 Å². The molecular weight excluding hydrogens is 170 g/mol. The molecule has 2 fully saturated rings. The molecule has 1 nitrogen and oxygen atoms in total. The summed E-state index contributed by atoms with van der Waals surface area (Å²) in [7, 11) is 0. The first-order valence-electron chi connectivity index (χ1n) is 6.53. The minimum atomic E-state index is 0.947. The maximum absolute atomic E-state index is 2.78. The number of likely N-dealkylation sites (tertiary alicyclic amines) is 1. The third-order valence-corrected chi connectivity index (χ3v) is 4.40. The molecule has 1 heterocycles. The maximum Gasteiger partial charge on any atom is 0.00955 e. The van der Waals surface area contributed by atoms with Crippen molar-refractivity contribution in [3.8, 4) is 0 Å². The molecular formula is C13H25N. The third-order valence-electron chi connectivity index (χ3n) is 4.40. The summed E-state index contributed by atoms with van der Waals surface area (Å²) in [6.45, 7) is 7.54. The van der Waals surface area contributed by atoms with Gasteiger partial charge in [0, 0.05) is 12.6 Å². The highest BCUT2D eigenvalue weighted by Crippen LogP contribution is 2.31. The fraction of sp³-hybridized carbons (Fsp3) is 1.00. The van der Waals surface area contributed by atoms with Crippen LogP contribution in [0.2, 0.25) is 0 Å². The third kappa shape index (κ3) is 2.31. The van der Waals surface area contributed by atoms with Gasteiger partial charge in [-0.3, -0.25) is 0 Å². The standard InChI is InChI=1S/C13H25N/c1-3-12-8-9-14(10-12)13-6-4-11(2)5-7-13/h11-13H,3-10H2,1-2H3. The Kier molecular flexibility index (Phi) is 3.48. The van der Waals surface area contributed by atoms with Crippen molar-refractivity contribution < 1.29 is 0 Å². The van der Waals surface area contributed by atoms with Gasteiger partial charge in [0.25, 0.3) is 0 Å². The van der Waals surface area contributed by atoms with Gasteiger partial charge in [0.1, 0.15) is 0 Å². The smallest absolute Gasteiger partial charge is 0.00955 e. The Morgan fingerprint density at radius 1 is 1.07 bits per heavy atom. The summed E-state index contributed by atoms with van der Waals surface area (Å²) in [4.78, 5) is 2.78. The van der Waals surface area contributed by atoms with Crippen molar-refractivity contribution in [3.05, 3.63) is 0 Å². The molecule has 1 saturated heterocycles. The fourth-order valence-corrected chi connectivity index (χ4v) is 3.14.